The number of aryl methyl sites for hydroxylation is 2. The van der Waals surface area contributed by atoms with Crippen LogP contribution in [0.1, 0.15) is 11.1 Å². The minimum absolute atomic E-state index is 0.127. The van der Waals surface area contributed by atoms with Gasteiger partial charge in [0.15, 0.2) is 5.82 Å². The number of anilines is 1. The van der Waals surface area contributed by atoms with Gasteiger partial charge in [-0.05, 0) is 37.1 Å². The van der Waals surface area contributed by atoms with E-state index in [4.69, 9.17) is 4.74 Å². The van der Waals surface area contributed by atoms with Crippen LogP contribution in [0.5, 0.6) is 0 Å². The van der Waals surface area contributed by atoms with Crippen LogP contribution in [0.4, 0.5) is 5.82 Å². The van der Waals surface area contributed by atoms with Crippen LogP contribution >= 0.6 is 0 Å². The summed E-state index contributed by atoms with van der Waals surface area (Å²) in [5, 5.41) is 0. The summed E-state index contributed by atoms with van der Waals surface area (Å²) >= 11 is 0. The number of hydrogen-bond acceptors (Lipinski definition) is 4. The summed E-state index contributed by atoms with van der Waals surface area (Å²) in [4.78, 5) is 21.6. The van der Waals surface area contributed by atoms with Crippen LogP contribution in [-0.2, 0) is 4.74 Å². The Kier molecular flexibility index (Phi) is 2.98. The van der Waals surface area contributed by atoms with E-state index in [-0.39, 0.29) is 5.56 Å². The molecular formula is C14H17N3O2. The number of aromatic amines is 1. The van der Waals surface area contributed by atoms with Gasteiger partial charge in [0.2, 0.25) is 0 Å². The van der Waals surface area contributed by atoms with Crippen molar-refractivity contribution in [3.8, 4) is 0 Å². The number of morpholine rings is 1. The van der Waals surface area contributed by atoms with Gasteiger partial charge < -0.3 is 14.6 Å². The average molecular weight is 259 g/mol. The number of rotatable bonds is 1. The van der Waals surface area contributed by atoms with Crippen molar-refractivity contribution in [2.24, 2.45) is 0 Å². The van der Waals surface area contributed by atoms with Gasteiger partial charge in [-0.25, -0.2) is 4.98 Å². The maximum atomic E-state index is 12.1. The molecule has 0 radical (unpaired) electrons. The highest BCUT2D eigenvalue weighted by atomic mass is 16.5. The zero-order valence-corrected chi connectivity index (χ0v) is 11.2. The van der Waals surface area contributed by atoms with E-state index in [1.807, 2.05) is 24.0 Å². The van der Waals surface area contributed by atoms with Gasteiger partial charge in [-0.3, -0.25) is 4.79 Å². The maximum Gasteiger partial charge on any atom is 0.291 e. The minimum Gasteiger partial charge on any atom is -0.378 e. The predicted molar refractivity (Wildman–Crippen MR) is 74.9 cm³/mol. The first-order valence-corrected chi connectivity index (χ1v) is 6.49. The molecule has 0 amide bonds. The second kappa shape index (κ2) is 4.66. The number of H-pyrrole nitrogens is 1. The molecule has 19 heavy (non-hydrogen) atoms. The fourth-order valence-corrected chi connectivity index (χ4v) is 2.33. The summed E-state index contributed by atoms with van der Waals surface area (Å²) in [6, 6.07) is 3.99. The van der Waals surface area contributed by atoms with E-state index in [9.17, 15) is 4.79 Å². The van der Waals surface area contributed by atoms with Gasteiger partial charge >= 0.3 is 0 Å². The third kappa shape index (κ3) is 2.21. The molecule has 0 aliphatic carbocycles. The Labute approximate surface area is 111 Å². The molecule has 1 aromatic carbocycles. The molecule has 2 aromatic rings. The van der Waals surface area contributed by atoms with Crippen LogP contribution in [0.15, 0.2) is 16.9 Å². The van der Waals surface area contributed by atoms with Crippen molar-refractivity contribution in [3.63, 3.8) is 0 Å². The van der Waals surface area contributed by atoms with Gasteiger partial charge in [0.1, 0.15) is 0 Å². The Morgan fingerprint density at radius 2 is 1.89 bits per heavy atom. The van der Waals surface area contributed by atoms with Gasteiger partial charge in [-0.2, -0.15) is 0 Å². The molecule has 100 valence electrons. The monoisotopic (exact) mass is 259 g/mol. The molecule has 0 saturated carbocycles. The minimum atomic E-state index is -0.127. The third-order valence-corrected chi connectivity index (χ3v) is 3.60. The predicted octanol–water partition coefficient (Wildman–Crippen LogP) is 1.38. The van der Waals surface area contributed by atoms with Gasteiger partial charge in [0, 0.05) is 13.1 Å². The molecule has 0 bridgehead atoms. The van der Waals surface area contributed by atoms with E-state index < -0.39 is 0 Å². The summed E-state index contributed by atoms with van der Waals surface area (Å²) in [6.07, 6.45) is 0. The lowest BCUT2D eigenvalue weighted by Crippen LogP contribution is -2.40. The second-order valence-electron chi connectivity index (χ2n) is 4.94. The normalized spacial score (nSPS) is 16.0. The van der Waals surface area contributed by atoms with Crippen molar-refractivity contribution in [1.82, 2.24) is 9.97 Å². The fraction of sp³-hybridized carbons (Fsp3) is 0.429. The van der Waals surface area contributed by atoms with E-state index in [0.717, 1.165) is 16.6 Å². The molecule has 3 rings (SSSR count). The number of aromatic nitrogens is 2. The first-order valence-electron chi connectivity index (χ1n) is 6.49. The standard InChI is InChI=1S/C14H17N3O2/c1-9-7-11-12(8-10(9)2)16-14(18)13(15-11)17-3-5-19-6-4-17/h7-8H,3-6H2,1-2H3,(H,16,18). The molecular weight excluding hydrogens is 242 g/mol. The molecule has 1 fully saturated rings. The van der Waals surface area contributed by atoms with E-state index in [0.29, 0.717) is 32.1 Å². The van der Waals surface area contributed by atoms with Gasteiger partial charge in [-0.15, -0.1) is 0 Å². The van der Waals surface area contributed by atoms with Gasteiger partial charge in [0.05, 0.1) is 24.2 Å². The highest BCUT2D eigenvalue weighted by Gasteiger charge is 2.16. The molecule has 0 atom stereocenters. The Hall–Kier alpha value is -1.88. The molecule has 0 spiro atoms. The summed E-state index contributed by atoms with van der Waals surface area (Å²) in [6.45, 7) is 6.80. The Morgan fingerprint density at radius 1 is 1.21 bits per heavy atom. The molecule has 5 heteroatoms. The first kappa shape index (κ1) is 12.2. The topological polar surface area (TPSA) is 58.2 Å². The van der Waals surface area contributed by atoms with E-state index in [1.54, 1.807) is 0 Å². The lowest BCUT2D eigenvalue weighted by molar-refractivity contribution is 0.122. The molecule has 2 heterocycles. The zero-order chi connectivity index (χ0) is 13.4. The number of benzene rings is 1. The second-order valence-corrected chi connectivity index (χ2v) is 4.94. The third-order valence-electron chi connectivity index (χ3n) is 3.60. The van der Waals surface area contributed by atoms with Crippen molar-refractivity contribution >= 4 is 16.9 Å². The van der Waals surface area contributed by atoms with E-state index in [1.165, 1.54) is 5.56 Å². The quantitative estimate of drug-likeness (QED) is 0.840. The van der Waals surface area contributed by atoms with Crippen LogP contribution in [0, 0.1) is 13.8 Å². The number of nitrogens with one attached hydrogen (secondary N) is 1. The summed E-state index contributed by atoms with van der Waals surface area (Å²) in [5.74, 6) is 0.499. The first-order chi connectivity index (χ1) is 9.15. The largest absolute Gasteiger partial charge is 0.378 e. The smallest absolute Gasteiger partial charge is 0.291 e. The van der Waals surface area contributed by atoms with Crippen molar-refractivity contribution in [1.29, 1.82) is 0 Å². The van der Waals surface area contributed by atoms with Crippen LogP contribution in [-0.4, -0.2) is 36.3 Å². The van der Waals surface area contributed by atoms with Crippen LogP contribution in [0.2, 0.25) is 0 Å². The highest BCUT2D eigenvalue weighted by molar-refractivity contribution is 5.77. The Bertz CT molecular complexity index is 672. The number of fused-ring (bicyclic) bond motifs is 1. The van der Waals surface area contributed by atoms with Gasteiger partial charge in [-0.1, -0.05) is 0 Å². The highest BCUT2D eigenvalue weighted by Crippen LogP contribution is 2.17. The summed E-state index contributed by atoms with van der Waals surface area (Å²) in [5.41, 5.74) is 3.84. The lowest BCUT2D eigenvalue weighted by Gasteiger charge is -2.27. The maximum absolute atomic E-state index is 12.1. The summed E-state index contributed by atoms with van der Waals surface area (Å²) < 4.78 is 5.30. The van der Waals surface area contributed by atoms with Crippen LogP contribution in [0.3, 0.4) is 0 Å². The SMILES string of the molecule is Cc1cc2nc(N3CCOCC3)c(=O)[nH]c2cc1C. The molecule has 0 unspecified atom stereocenters. The van der Waals surface area contributed by atoms with E-state index >= 15 is 0 Å². The van der Waals surface area contributed by atoms with Crippen LogP contribution in [0.25, 0.3) is 11.0 Å². The Balaban J connectivity index is 2.12. The average Bonchev–Trinajstić information content (AvgIpc) is 2.41. The van der Waals surface area contributed by atoms with Gasteiger partial charge in [0.25, 0.3) is 5.56 Å². The van der Waals surface area contributed by atoms with Crippen molar-refractivity contribution < 1.29 is 4.74 Å². The number of nitrogens with zero attached hydrogens (tertiary/aromatic N) is 2. The molecule has 5 nitrogen and oxygen atoms in total. The molecule has 1 aliphatic rings. The molecule has 1 N–H and O–H groups in total. The van der Waals surface area contributed by atoms with E-state index in [2.05, 4.69) is 16.9 Å². The van der Waals surface area contributed by atoms with Crippen LogP contribution < -0.4 is 10.5 Å². The lowest BCUT2D eigenvalue weighted by atomic mass is 10.1. The number of ether oxygens (including phenoxy) is 1. The molecule has 1 saturated heterocycles. The van der Waals surface area contributed by atoms with Crippen molar-refractivity contribution in [3.05, 3.63) is 33.6 Å². The van der Waals surface area contributed by atoms with Crippen molar-refractivity contribution in [2.75, 3.05) is 31.2 Å². The molecule has 1 aliphatic heterocycles. The zero-order valence-electron chi connectivity index (χ0n) is 11.2. The fourth-order valence-electron chi connectivity index (χ4n) is 2.33. The number of hydrogen-bond donors (Lipinski definition) is 1. The van der Waals surface area contributed by atoms with Crippen molar-refractivity contribution in [2.45, 2.75) is 13.8 Å². The molecule has 1 aromatic heterocycles. The Morgan fingerprint density at radius 3 is 2.63 bits per heavy atom. The summed E-state index contributed by atoms with van der Waals surface area (Å²) in [7, 11) is 0.